The Bertz CT molecular complexity index is 115. The van der Waals surface area contributed by atoms with Gasteiger partial charge in [0.1, 0.15) is 0 Å². The van der Waals surface area contributed by atoms with Gasteiger partial charge in [0.25, 0.3) is 0 Å². The first-order chi connectivity index (χ1) is 6.10. The summed E-state index contributed by atoms with van der Waals surface area (Å²) in [5.41, 5.74) is 5.51. The van der Waals surface area contributed by atoms with Crippen LogP contribution in [0.15, 0.2) is 0 Å². The van der Waals surface area contributed by atoms with Crippen molar-refractivity contribution in [2.24, 2.45) is 17.6 Å². The van der Waals surface area contributed by atoms with Crippen molar-refractivity contribution in [1.29, 1.82) is 0 Å². The van der Waals surface area contributed by atoms with Crippen molar-refractivity contribution < 1.29 is 0 Å². The highest BCUT2D eigenvalue weighted by Gasteiger charge is 2.07. The SMILES string of the molecule is CCC(C)CN(C)CC(C)CCN. The fourth-order valence-corrected chi connectivity index (χ4v) is 1.64. The molecule has 0 fully saturated rings. The van der Waals surface area contributed by atoms with Gasteiger partial charge in [0, 0.05) is 13.1 Å². The summed E-state index contributed by atoms with van der Waals surface area (Å²) in [4.78, 5) is 2.43. The largest absolute Gasteiger partial charge is 0.330 e. The third-order valence-corrected chi connectivity index (χ3v) is 2.60. The Morgan fingerprint density at radius 2 is 1.69 bits per heavy atom. The fourth-order valence-electron chi connectivity index (χ4n) is 1.64. The molecule has 0 bridgehead atoms. The second-order valence-electron chi connectivity index (χ2n) is 4.42. The van der Waals surface area contributed by atoms with Crippen LogP contribution in [0.25, 0.3) is 0 Å². The molecule has 0 aromatic carbocycles. The Morgan fingerprint density at radius 1 is 1.15 bits per heavy atom. The van der Waals surface area contributed by atoms with Crippen molar-refractivity contribution in [3.63, 3.8) is 0 Å². The first-order valence-electron chi connectivity index (χ1n) is 5.48. The van der Waals surface area contributed by atoms with E-state index in [2.05, 4.69) is 32.7 Å². The maximum absolute atomic E-state index is 5.51. The molecule has 13 heavy (non-hydrogen) atoms. The zero-order chi connectivity index (χ0) is 10.3. The molecule has 0 aliphatic carbocycles. The molecule has 2 unspecified atom stereocenters. The van der Waals surface area contributed by atoms with Crippen LogP contribution in [0.5, 0.6) is 0 Å². The van der Waals surface area contributed by atoms with Crippen molar-refractivity contribution in [2.45, 2.75) is 33.6 Å². The van der Waals surface area contributed by atoms with Crippen LogP contribution in [-0.2, 0) is 0 Å². The molecular weight excluding hydrogens is 160 g/mol. The quantitative estimate of drug-likeness (QED) is 0.658. The number of nitrogens with zero attached hydrogens (tertiary/aromatic N) is 1. The summed E-state index contributed by atoms with van der Waals surface area (Å²) in [6.07, 6.45) is 2.42. The van der Waals surface area contributed by atoms with E-state index in [1.165, 1.54) is 19.5 Å². The molecule has 0 radical (unpaired) electrons. The number of hydrogen-bond acceptors (Lipinski definition) is 2. The van der Waals surface area contributed by atoms with Gasteiger partial charge >= 0.3 is 0 Å². The van der Waals surface area contributed by atoms with Crippen LogP contribution in [-0.4, -0.2) is 31.6 Å². The fraction of sp³-hybridized carbons (Fsp3) is 1.00. The van der Waals surface area contributed by atoms with Gasteiger partial charge in [-0.05, 0) is 31.8 Å². The summed E-state index contributed by atoms with van der Waals surface area (Å²) in [6, 6.07) is 0. The molecule has 0 rings (SSSR count). The zero-order valence-electron chi connectivity index (χ0n) is 9.71. The van der Waals surface area contributed by atoms with E-state index in [0.717, 1.165) is 24.8 Å². The van der Waals surface area contributed by atoms with Crippen LogP contribution < -0.4 is 5.73 Å². The van der Waals surface area contributed by atoms with Crippen LogP contribution in [0.1, 0.15) is 33.6 Å². The van der Waals surface area contributed by atoms with Crippen LogP contribution in [0.4, 0.5) is 0 Å². The van der Waals surface area contributed by atoms with Gasteiger partial charge in [0.15, 0.2) is 0 Å². The summed E-state index contributed by atoms with van der Waals surface area (Å²) in [7, 11) is 2.21. The number of hydrogen-bond donors (Lipinski definition) is 1. The molecule has 0 saturated heterocycles. The maximum Gasteiger partial charge on any atom is 0.000455 e. The van der Waals surface area contributed by atoms with E-state index >= 15 is 0 Å². The molecule has 80 valence electrons. The minimum Gasteiger partial charge on any atom is -0.330 e. The van der Waals surface area contributed by atoms with Gasteiger partial charge in [-0.15, -0.1) is 0 Å². The minimum absolute atomic E-state index is 0.735. The van der Waals surface area contributed by atoms with Gasteiger partial charge in [-0.3, -0.25) is 0 Å². The normalized spacial score (nSPS) is 16.2. The summed E-state index contributed by atoms with van der Waals surface area (Å²) >= 11 is 0. The number of nitrogens with two attached hydrogens (primary N) is 1. The van der Waals surface area contributed by atoms with E-state index in [4.69, 9.17) is 5.73 Å². The van der Waals surface area contributed by atoms with Crippen molar-refractivity contribution in [2.75, 3.05) is 26.7 Å². The highest BCUT2D eigenvalue weighted by atomic mass is 15.1. The summed E-state index contributed by atoms with van der Waals surface area (Å²) in [6.45, 7) is 10.1. The van der Waals surface area contributed by atoms with Crippen LogP contribution in [0, 0.1) is 11.8 Å². The summed E-state index contributed by atoms with van der Waals surface area (Å²) < 4.78 is 0. The van der Waals surface area contributed by atoms with Crippen LogP contribution >= 0.6 is 0 Å². The van der Waals surface area contributed by atoms with Crippen molar-refractivity contribution in [1.82, 2.24) is 4.90 Å². The molecule has 0 saturated carbocycles. The van der Waals surface area contributed by atoms with E-state index in [-0.39, 0.29) is 0 Å². The molecule has 2 atom stereocenters. The summed E-state index contributed by atoms with van der Waals surface area (Å²) in [5.74, 6) is 1.55. The lowest BCUT2D eigenvalue weighted by molar-refractivity contribution is 0.244. The molecule has 2 nitrogen and oxygen atoms in total. The Balaban J connectivity index is 3.54. The third kappa shape index (κ3) is 7.03. The highest BCUT2D eigenvalue weighted by Crippen LogP contribution is 2.06. The molecule has 0 amide bonds. The Hall–Kier alpha value is -0.0800. The van der Waals surface area contributed by atoms with E-state index in [9.17, 15) is 0 Å². The van der Waals surface area contributed by atoms with Gasteiger partial charge in [-0.1, -0.05) is 27.2 Å². The van der Waals surface area contributed by atoms with Crippen molar-refractivity contribution in [3.05, 3.63) is 0 Å². The molecular formula is C11H26N2. The molecule has 2 heteroatoms. The maximum atomic E-state index is 5.51. The standard InChI is InChI=1S/C11H26N2/c1-5-10(2)8-13(4)9-11(3)6-7-12/h10-11H,5-9,12H2,1-4H3. The van der Waals surface area contributed by atoms with E-state index in [1.807, 2.05) is 0 Å². The molecule has 0 heterocycles. The Labute approximate surface area is 83.5 Å². The molecule has 0 aliphatic rings. The average molecular weight is 186 g/mol. The lowest BCUT2D eigenvalue weighted by Gasteiger charge is -2.23. The van der Waals surface area contributed by atoms with Gasteiger partial charge in [0.05, 0.1) is 0 Å². The first-order valence-corrected chi connectivity index (χ1v) is 5.48. The van der Waals surface area contributed by atoms with E-state index in [1.54, 1.807) is 0 Å². The third-order valence-electron chi connectivity index (χ3n) is 2.60. The molecule has 0 spiro atoms. The molecule has 0 aliphatic heterocycles. The lowest BCUT2D eigenvalue weighted by atomic mass is 10.1. The smallest absolute Gasteiger partial charge is 0.000455 e. The van der Waals surface area contributed by atoms with Crippen molar-refractivity contribution >= 4 is 0 Å². The number of rotatable bonds is 7. The second-order valence-corrected chi connectivity index (χ2v) is 4.42. The van der Waals surface area contributed by atoms with Gasteiger partial charge in [-0.2, -0.15) is 0 Å². The van der Waals surface area contributed by atoms with Crippen LogP contribution in [0.2, 0.25) is 0 Å². The van der Waals surface area contributed by atoms with E-state index in [0.29, 0.717) is 0 Å². The van der Waals surface area contributed by atoms with Gasteiger partial charge < -0.3 is 10.6 Å². The summed E-state index contributed by atoms with van der Waals surface area (Å²) in [5, 5.41) is 0. The highest BCUT2D eigenvalue weighted by molar-refractivity contribution is 4.62. The zero-order valence-corrected chi connectivity index (χ0v) is 9.71. The average Bonchev–Trinajstić information content (AvgIpc) is 2.04. The minimum atomic E-state index is 0.735. The van der Waals surface area contributed by atoms with E-state index < -0.39 is 0 Å². The first kappa shape index (κ1) is 12.9. The van der Waals surface area contributed by atoms with Gasteiger partial charge in [-0.25, -0.2) is 0 Å². The monoisotopic (exact) mass is 186 g/mol. The van der Waals surface area contributed by atoms with Crippen molar-refractivity contribution in [3.8, 4) is 0 Å². The predicted octanol–water partition coefficient (Wildman–Crippen LogP) is 1.95. The van der Waals surface area contributed by atoms with Gasteiger partial charge in [0.2, 0.25) is 0 Å². The predicted molar refractivity (Wildman–Crippen MR) is 59.8 cm³/mol. The lowest BCUT2D eigenvalue weighted by Crippen LogP contribution is -2.29. The molecule has 2 N–H and O–H groups in total. The molecule has 0 aromatic rings. The Morgan fingerprint density at radius 3 is 2.15 bits per heavy atom. The second kappa shape index (κ2) is 7.34. The topological polar surface area (TPSA) is 29.3 Å². The Kier molecular flexibility index (Phi) is 7.29. The van der Waals surface area contributed by atoms with Crippen LogP contribution in [0.3, 0.4) is 0 Å². The molecule has 0 aromatic heterocycles.